The van der Waals surface area contributed by atoms with Crippen molar-refractivity contribution in [1.82, 2.24) is 4.90 Å². The van der Waals surface area contributed by atoms with Crippen LogP contribution in [0.1, 0.15) is 30.0 Å². The summed E-state index contributed by atoms with van der Waals surface area (Å²) in [6.07, 6.45) is 1.43. The van der Waals surface area contributed by atoms with Crippen molar-refractivity contribution >= 4 is 5.97 Å². The van der Waals surface area contributed by atoms with E-state index in [-0.39, 0.29) is 6.04 Å². The van der Waals surface area contributed by atoms with Crippen molar-refractivity contribution in [3.63, 3.8) is 0 Å². The minimum atomic E-state index is -0.819. The Balaban J connectivity index is 2.17. The number of hydrogen-bond donors (Lipinski definition) is 1. The van der Waals surface area contributed by atoms with Crippen molar-refractivity contribution in [2.24, 2.45) is 0 Å². The van der Waals surface area contributed by atoms with Crippen LogP contribution in [0.2, 0.25) is 0 Å². The van der Waals surface area contributed by atoms with E-state index in [2.05, 4.69) is 0 Å². The Kier molecular flexibility index (Phi) is 6.49. The molecule has 0 spiro atoms. The fourth-order valence-electron chi connectivity index (χ4n) is 3.98. The molecule has 1 heterocycles. The smallest absolute Gasteiger partial charge is 0.320 e. The van der Waals surface area contributed by atoms with Gasteiger partial charge in [-0.3, -0.25) is 9.69 Å². The molecule has 1 saturated heterocycles. The summed E-state index contributed by atoms with van der Waals surface area (Å²) >= 11 is 0. The number of carboxylic acid groups (broad SMARTS) is 1. The van der Waals surface area contributed by atoms with Gasteiger partial charge in [0, 0.05) is 18.2 Å². The van der Waals surface area contributed by atoms with Crippen LogP contribution in [0, 0.1) is 0 Å². The Bertz CT molecular complexity index is 868. The molecule has 1 aliphatic rings. The first kappa shape index (κ1) is 20.8. The molecule has 7 nitrogen and oxygen atoms in total. The van der Waals surface area contributed by atoms with Gasteiger partial charge in [-0.15, -0.1) is 0 Å². The van der Waals surface area contributed by atoms with Crippen molar-refractivity contribution in [3.8, 4) is 23.0 Å². The van der Waals surface area contributed by atoms with Crippen LogP contribution in [0.4, 0.5) is 0 Å². The number of benzene rings is 2. The Morgan fingerprint density at radius 2 is 1.69 bits per heavy atom. The van der Waals surface area contributed by atoms with Gasteiger partial charge in [0.25, 0.3) is 0 Å². The van der Waals surface area contributed by atoms with E-state index in [4.69, 9.17) is 18.9 Å². The van der Waals surface area contributed by atoms with E-state index in [0.29, 0.717) is 36.0 Å². The van der Waals surface area contributed by atoms with Gasteiger partial charge < -0.3 is 24.1 Å². The predicted molar refractivity (Wildman–Crippen MR) is 108 cm³/mol. The van der Waals surface area contributed by atoms with Crippen LogP contribution >= 0.6 is 0 Å². The molecule has 0 amide bonds. The molecule has 2 aromatic rings. The lowest BCUT2D eigenvalue weighted by atomic mass is 9.94. The second-order valence-electron chi connectivity index (χ2n) is 6.86. The van der Waals surface area contributed by atoms with Crippen LogP contribution in [0.3, 0.4) is 0 Å². The van der Waals surface area contributed by atoms with E-state index in [0.717, 1.165) is 17.5 Å². The van der Waals surface area contributed by atoms with E-state index in [1.54, 1.807) is 28.4 Å². The molecule has 2 atom stereocenters. The lowest BCUT2D eigenvalue weighted by Crippen LogP contribution is -2.39. The molecule has 2 unspecified atom stereocenters. The van der Waals surface area contributed by atoms with Crippen LogP contribution in [0.5, 0.6) is 23.0 Å². The topological polar surface area (TPSA) is 77.5 Å². The van der Waals surface area contributed by atoms with Crippen molar-refractivity contribution in [1.29, 1.82) is 0 Å². The maximum atomic E-state index is 11.9. The van der Waals surface area contributed by atoms with Crippen LogP contribution < -0.4 is 18.9 Å². The summed E-state index contributed by atoms with van der Waals surface area (Å²) in [6, 6.07) is 10.4. The highest BCUT2D eigenvalue weighted by Crippen LogP contribution is 2.42. The molecule has 0 aromatic heterocycles. The minimum absolute atomic E-state index is 0.320. The van der Waals surface area contributed by atoms with E-state index in [1.165, 1.54) is 0 Å². The molecule has 0 radical (unpaired) electrons. The fraction of sp³-hybridized carbons (Fsp3) is 0.409. The molecule has 1 N–H and O–H groups in total. The van der Waals surface area contributed by atoms with Gasteiger partial charge in [0.1, 0.15) is 17.5 Å². The SMILES string of the molecule is COc1ccc(C(c2ccc(OC)c(OC)c2)N2CCCC2C(=O)O)c(OC)c1. The fourth-order valence-corrected chi connectivity index (χ4v) is 3.98. The van der Waals surface area contributed by atoms with Gasteiger partial charge in [-0.05, 0) is 42.7 Å². The Morgan fingerprint density at radius 3 is 2.31 bits per heavy atom. The molecule has 7 heteroatoms. The molecule has 3 rings (SSSR count). The highest BCUT2D eigenvalue weighted by molar-refractivity contribution is 5.74. The van der Waals surface area contributed by atoms with Gasteiger partial charge in [-0.2, -0.15) is 0 Å². The van der Waals surface area contributed by atoms with Crippen molar-refractivity contribution in [2.75, 3.05) is 35.0 Å². The average molecular weight is 401 g/mol. The Hall–Kier alpha value is -2.93. The number of hydrogen-bond acceptors (Lipinski definition) is 6. The number of ether oxygens (including phenoxy) is 4. The van der Waals surface area contributed by atoms with E-state index < -0.39 is 12.0 Å². The summed E-state index contributed by atoms with van der Waals surface area (Å²) < 4.78 is 21.8. The first-order chi connectivity index (χ1) is 14.0. The number of carboxylic acids is 1. The minimum Gasteiger partial charge on any atom is -0.497 e. The number of nitrogens with zero attached hydrogens (tertiary/aromatic N) is 1. The molecule has 0 aliphatic carbocycles. The quantitative estimate of drug-likeness (QED) is 0.727. The van der Waals surface area contributed by atoms with Gasteiger partial charge in [0.15, 0.2) is 11.5 Å². The number of methoxy groups -OCH3 is 4. The maximum absolute atomic E-state index is 11.9. The third kappa shape index (κ3) is 4.10. The van der Waals surface area contributed by atoms with E-state index in [1.807, 2.05) is 41.3 Å². The van der Waals surface area contributed by atoms with Gasteiger partial charge in [0.2, 0.25) is 0 Å². The number of aliphatic carboxylic acids is 1. The number of rotatable bonds is 8. The lowest BCUT2D eigenvalue weighted by molar-refractivity contribution is -0.142. The summed E-state index contributed by atoms with van der Waals surface area (Å²) in [5.41, 5.74) is 1.77. The maximum Gasteiger partial charge on any atom is 0.320 e. The van der Waals surface area contributed by atoms with E-state index in [9.17, 15) is 9.90 Å². The third-order valence-electron chi connectivity index (χ3n) is 5.37. The summed E-state index contributed by atoms with van der Waals surface area (Å²) in [5.74, 6) is 1.70. The summed E-state index contributed by atoms with van der Waals surface area (Å²) in [6.45, 7) is 0.672. The molecule has 156 valence electrons. The van der Waals surface area contributed by atoms with Crippen LogP contribution in [0.25, 0.3) is 0 Å². The Labute approximate surface area is 170 Å². The Morgan fingerprint density at radius 1 is 0.966 bits per heavy atom. The van der Waals surface area contributed by atoms with Crippen LogP contribution in [-0.4, -0.2) is 57.0 Å². The molecular formula is C22H27NO6. The highest BCUT2D eigenvalue weighted by Gasteiger charge is 2.38. The van der Waals surface area contributed by atoms with Gasteiger partial charge in [0.05, 0.1) is 34.5 Å². The summed E-state index contributed by atoms with van der Waals surface area (Å²) in [4.78, 5) is 13.9. The number of likely N-dealkylation sites (tertiary alicyclic amines) is 1. The molecule has 0 bridgehead atoms. The molecule has 0 saturated carbocycles. The van der Waals surface area contributed by atoms with Gasteiger partial charge in [-0.1, -0.05) is 6.07 Å². The van der Waals surface area contributed by atoms with E-state index >= 15 is 0 Å². The monoisotopic (exact) mass is 401 g/mol. The molecule has 29 heavy (non-hydrogen) atoms. The second-order valence-corrected chi connectivity index (χ2v) is 6.86. The zero-order chi connectivity index (χ0) is 21.0. The zero-order valence-corrected chi connectivity index (χ0v) is 17.2. The molecular weight excluding hydrogens is 374 g/mol. The van der Waals surface area contributed by atoms with Crippen LogP contribution in [0.15, 0.2) is 36.4 Å². The molecule has 1 fully saturated rings. The summed E-state index contributed by atoms with van der Waals surface area (Å²) in [7, 11) is 6.37. The molecule has 2 aromatic carbocycles. The van der Waals surface area contributed by atoms with Gasteiger partial charge in [-0.25, -0.2) is 0 Å². The van der Waals surface area contributed by atoms with Crippen LogP contribution in [-0.2, 0) is 4.79 Å². The van der Waals surface area contributed by atoms with Crippen molar-refractivity contribution in [3.05, 3.63) is 47.5 Å². The zero-order valence-electron chi connectivity index (χ0n) is 17.2. The van der Waals surface area contributed by atoms with Crippen molar-refractivity contribution < 1.29 is 28.8 Å². The molecule has 1 aliphatic heterocycles. The predicted octanol–water partition coefficient (Wildman–Crippen LogP) is 3.36. The normalized spacial score (nSPS) is 17.6. The largest absolute Gasteiger partial charge is 0.497 e. The first-order valence-electron chi connectivity index (χ1n) is 9.46. The lowest BCUT2D eigenvalue weighted by Gasteiger charge is -2.33. The standard InChI is InChI=1S/C22H27NO6/c1-26-15-8-9-16(19(13-15)28-3)21(23-11-5-6-17(23)22(24)25)14-7-10-18(27-2)20(12-14)29-4/h7-10,12-13,17,21H,5-6,11H2,1-4H3,(H,24,25). The highest BCUT2D eigenvalue weighted by atomic mass is 16.5. The first-order valence-corrected chi connectivity index (χ1v) is 9.46. The number of carbonyl (C=O) groups is 1. The third-order valence-corrected chi connectivity index (χ3v) is 5.37. The second kappa shape index (κ2) is 9.05. The summed E-state index contributed by atoms with van der Waals surface area (Å²) in [5, 5.41) is 9.78. The average Bonchev–Trinajstić information content (AvgIpc) is 3.23. The van der Waals surface area contributed by atoms with Gasteiger partial charge >= 0.3 is 5.97 Å². The van der Waals surface area contributed by atoms with Crippen molar-refractivity contribution in [2.45, 2.75) is 24.9 Å².